The average molecular weight is 322 g/mol. The van der Waals surface area contributed by atoms with Crippen molar-refractivity contribution in [1.29, 1.82) is 0 Å². The van der Waals surface area contributed by atoms with Gasteiger partial charge in [-0.25, -0.2) is 0 Å². The molecule has 1 saturated heterocycles. The van der Waals surface area contributed by atoms with Crippen LogP contribution in [0, 0.1) is 0 Å². The Hall–Kier alpha value is -2.49. The van der Waals surface area contributed by atoms with Crippen LogP contribution in [-0.2, 0) is 6.42 Å². The first-order valence-electron chi connectivity index (χ1n) is 8.67. The molecule has 0 saturated carbocycles. The molecule has 0 radical (unpaired) electrons. The van der Waals surface area contributed by atoms with Crippen LogP contribution in [0.2, 0.25) is 0 Å². The van der Waals surface area contributed by atoms with E-state index in [-0.39, 0.29) is 12.0 Å². The van der Waals surface area contributed by atoms with E-state index < -0.39 is 0 Å². The number of likely N-dealkylation sites (tertiary alicyclic amines) is 1. The number of anilines is 1. The van der Waals surface area contributed by atoms with Crippen LogP contribution < -0.4 is 10.1 Å². The molecule has 1 fully saturated rings. The number of piperidine rings is 1. The maximum absolute atomic E-state index is 12.7. The van der Waals surface area contributed by atoms with Gasteiger partial charge in [0.05, 0.1) is 0 Å². The molecule has 2 heterocycles. The summed E-state index contributed by atoms with van der Waals surface area (Å²) in [6.45, 7) is 2.48. The third kappa shape index (κ3) is 3.09. The summed E-state index contributed by atoms with van der Waals surface area (Å²) in [4.78, 5) is 14.7. The van der Waals surface area contributed by atoms with Gasteiger partial charge in [0, 0.05) is 43.7 Å². The number of para-hydroxylation sites is 1. The minimum atomic E-state index is 0.142. The lowest BCUT2D eigenvalue weighted by molar-refractivity contribution is 0.0595. The molecule has 0 atom stereocenters. The van der Waals surface area contributed by atoms with Gasteiger partial charge in [0.25, 0.3) is 5.91 Å². The minimum Gasteiger partial charge on any atom is -0.490 e. The second kappa shape index (κ2) is 6.56. The highest BCUT2D eigenvalue weighted by Crippen LogP contribution is 2.25. The number of nitrogens with one attached hydrogen (secondary N) is 1. The van der Waals surface area contributed by atoms with Gasteiger partial charge >= 0.3 is 0 Å². The van der Waals surface area contributed by atoms with Crippen molar-refractivity contribution >= 4 is 11.6 Å². The minimum absolute atomic E-state index is 0.142. The zero-order valence-electron chi connectivity index (χ0n) is 13.7. The molecule has 0 aromatic heterocycles. The molecule has 2 aliphatic rings. The van der Waals surface area contributed by atoms with Crippen molar-refractivity contribution in [2.75, 3.05) is 25.0 Å². The van der Waals surface area contributed by atoms with Gasteiger partial charge in [-0.2, -0.15) is 0 Å². The van der Waals surface area contributed by atoms with Gasteiger partial charge in [-0.1, -0.05) is 18.2 Å². The number of rotatable bonds is 3. The maximum Gasteiger partial charge on any atom is 0.253 e. The highest BCUT2D eigenvalue weighted by Gasteiger charge is 2.25. The van der Waals surface area contributed by atoms with Crippen molar-refractivity contribution in [3.8, 4) is 5.75 Å². The highest BCUT2D eigenvalue weighted by molar-refractivity contribution is 5.95. The van der Waals surface area contributed by atoms with Gasteiger partial charge in [-0.3, -0.25) is 4.79 Å². The van der Waals surface area contributed by atoms with Crippen molar-refractivity contribution in [3.05, 3.63) is 59.7 Å². The molecule has 4 heteroatoms. The summed E-state index contributed by atoms with van der Waals surface area (Å²) in [5, 5.41) is 3.33. The van der Waals surface area contributed by atoms with Crippen LogP contribution in [-0.4, -0.2) is 36.5 Å². The van der Waals surface area contributed by atoms with Gasteiger partial charge in [-0.05, 0) is 42.3 Å². The summed E-state index contributed by atoms with van der Waals surface area (Å²) in [5.41, 5.74) is 3.23. The van der Waals surface area contributed by atoms with E-state index in [2.05, 4.69) is 5.32 Å². The molecule has 124 valence electrons. The molecule has 1 N–H and O–H groups in total. The van der Waals surface area contributed by atoms with Crippen LogP contribution in [0.5, 0.6) is 5.75 Å². The summed E-state index contributed by atoms with van der Waals surface area (Å²) in [7, 11) is 0. The molecule has 0 aliphatic carbocycles. The van der Waals surface area contributed by atoms with Crippen LogP contribution in [0.3, 0.4) is 0 Å². The molecule has 4 rings (SSSR count). The summed E-state index contributed by atoms with van der Waals surface area (Å²) < 4.78 is 6.00. The van der Waals surface area contributed by atoms with E-state index in [1.54, 1.807) is 0 Å². The lowest BCUT2D eigenvalue weighted by Gasteiger charge is -2.32. The fourth-order valence-electron chi connectivity index (χ4n) is 3.49. The first kappa shape index (κ1) is 15.1. The lowest BCUT2D eigenvalue weighted by atomic mass is 10.0. The van der Waals surface area contributed by atoms with E-state index in [1.165, 1.54) is 11.3 Å². The number of fused-ring (bicyclic) bond motifs is 1. The van der Waals surface area contributed by atoms with Crippen molar-refractivity contribution in [2.24, 2.45) is 0 Å². The number of amides is 1. The second-order valence-corrected chi connectivity index (χ2v) is 6.47. The summed E-state index contributed by atoms with van der Waals surface area (Å²) in [5.74, 6) is 1.05. The molecule has 2 aliphatic heterocycles. The highest BCUT2D eigenvalue weighted by atomic mass is 16.5. The number of carbonyl (C=O) groups is 1. The number of ether oxygens (including phenoxy) is 1. The maximum atomic E-state index is 12.7. The summed E-state index contributed by atoms with van der Waals surface area (Å²) in [6, 6.07) is 15.9. The number of hydrogen-bond donors (Lipinski definition) is 1. The van der Waals surface area contributed by atoms with Crippen molar-refractivity contribution in [3.63, 3.8) is 0 Å². The van der Waals surface area contributed by atoms with Crippen LogP contribution in [0.1, 0.15) is 28.8 Å². The van der Waals surface area contributed by atoms with Crippen LogP contribution in [0.4, 0.5) is 5.69 Å². The van der Waals surface area contributed by atoms with E-state index in [9.17, 15) is 4.79 Å². The molecular weight excluding hydrogens is 300 g/mol. The largest absolute Gasteiger partial charge is 0.490 e. The molecule has 24 heavy (non-hydrogen) atoms. The Morgan fingerprint density at radius 1 is 1.08 bits per heavy atom. The molecule has 2 aromatic rings. The zero-order chi connectivity index (χ0) is 16.4. The third-order valence-corrected chi connectivity index (χ3v) is 4.84. The normalized spacial score (nSPS) is 17.2. The average Bonchev–Trinajstić information content (AvgIpc) is 3.10. The number of nitrogens with zero attached hydrogens (tertiary/aromatic N) is 1. The van der Waals surface area contributed by atoms with Crippen molar-refractivity contribution < 1.29 is 9.53 Å². The topological polar surface area (TPSA) is 41.6 Å². The molecule has 0 unspecified atom stereocenters. The van der Waals surface area contributed by atoms with Crippen LogP contribution in [0.25, 0.3) is 0 Å². The molecule has 4 nitrogen and oxygen atoms in total. The van der Waals surface area contributed by atoms with E-state index in [0.29, 0.717) is 0 Å². The van der Waals surface area contributed by atoms with Gasteiger partial charge in [0.15, 0.2) is 0 Å². The van der Waals surface area contributed by atoms with Crippen LogP contribution in [0.15, 0.2) is 48.5 Å². The number of hydrogen-bond acceptors (Lipinski definition) is 3. The van der Waals surface area contributed by atoms with E-state index in [4.69, 9.17) is 4.74 Å². The van der Waals surface area contributed by atoms with E-state index in [1.807, 2.05) is 53.4 Å². The Morgan fingerprint density at radius 3 is 2.67 bits per heavy atom. The van der Waals surface area contributed by atoms with Gasteiger partial charge in [-0.15, -0.1) is 0 Å². The Kier molecular flexibility index (Phi) is 4.11. The predicted octanol–water partition coefficient (Wildman–Crippen LogP) is 3.34. The van der Waals surface area contributed by atoms with E-state index >= 15 is 0 Å². The number of carbonyl (C=O) groups excluding carboxylic acids is 1. The fraction of sp³-hybridized carbons (Fsp3) is 0.350. The van der Waals surface area contributed by atoms with E-state index in [0.717, 1.165) is 50.2 Å². The smallest absolute Gasteiger partial charge is 0.253 e. The Bertz CT molecular complexity index is 722. The van der Waals surface area contributed by atoms with Crippen molar-refractivity contribution in [1.82, 2.24) is 4.90 Å². The van der Waals surface area contributed by atoms with Crippen molar-refractivity contribution in [2.45, 2.75) is 25.4 Å². The second-order valence-electron chi connectivity index (χ2n) is 6.47. The molecule has 0 spiro atoms. The predicted molar refractivity (Wildman–Crippen MR) is 94.6 cm³/mol. The first-order chi connectivity index (χ1) is 11.8. The summed E-state index contributed by atoms with van der Waals surface area (Å²) >= 11 is 0. The fourth-order valence-corrected chi connectivity index (χ4v) is 3.49. The molecule has 1 amide bonds. The lowest BCUT2D eigenvalue weighted by Crippen LogP contribution is -2.41. The molecule has 0 bridgehead atoms. The van der Waals surface area contributed by atoms with Gasteiger partial charge < -0.3 is 15.0 Å². The Balaban J connectivity index is 1.36. The van der Waals surface area contributed by atoms with Gasteiger partial charge in [0.2, 0.25) is 0 Å². The zero-order valence-corrected chi connectivity index (χ0v) is 13.7. The number of benzene rings is 2. The molecule has 2 aromatic carbocycles. The summed E-state index contributed by atoms with van der Waals surface area (Å²) in [6.07, 6.45) is 2.96. The van der Waals surface area contributed by atoms with Crippen LogP contribution >= 0.6 is 0 Å². The Labute approximate surface area is 142 Å². The third-order valence-electron chi connectivity index (χ3n) is 4.84. The Morgan fingerprint density at radius 2 is 1.88 bits per heavy atom. The molecular formula is C20H22N2O2. The first-order valence-corrected chi connectivity index (χ1v) is 8.67. The standard InChI is InChI=1S/C20H22N2O2/c23-20(16-6-7-19-15(14-16)8-11-21-19)22-12-9-18(10-13-22)24-17-4-2-1-3-5-17/h1-7,14,18,21H,8-13H2. The quantitative estimate of drug-likeness (QED) is 0.942. The SMILES string of the molecule is O=C(c1ccc2c(c1)CCN2)N1CCC(Oc2ccccc2)CC1. The monoisotopic (exact) mass is 322 g/mol. The van der Waals surface area contributed by atoms with Gasteiger partial charge in [0.1, 0.15) is 11.9 Å².